The van der Waals surface area contributed by atoms with Crippen LogP contribution in [0.3, 0.4) is 0 Å². The fourth-order valence-corrected chi connectivity index (χ4v) is 5.26. The van der Waals surface area contributed by atoms with E-state index in [1.165, 1.54) is 26.0 Å². The molecule has 13 nitrogen and oxygen atoms in total. The Bertz CT molecular complexity index is 1620. The van der Waals surface area contributed by atoms with Crippen LogP contribution < -0.4 is 4.72 Å². The van der Waals surface area contributed by atoms with Crippen molar-refractivity contribution in [2.75, 3.05) is 19.7 Å². The first-order valence-corrected chi connectivity index (χ1v) is 15.2. The minimum atomic E-state index is -4.69. The number of aryl methyl sites for hydroxylation is 1. The Morgan fingerprint density at radius 1 is 1.09 bits per heavy atom. The van der Waals surface area contributed by atoms with Crippen LogP contribution in [0.1, 0.15) is 37.9 Å². The number of carbonyl (C=O) groups is 2. The normalized spacial score (nSPS) is 15.1. The molecule has 0 radical (unpaired) electrons. The maximum absolute atomic E-state index is 13.5. The summed E-state index contributed by atoms with van der Waals surface area (Å²) in [6.45, 7) is 5.49. The highest BCUT2D eigenvalue weighted by Crippen LogP contribution is 2.33. The van der Waals surface area contributed by atoms with Crippen LogP contribution in [0.25, 0.3) is 16.9 Å². The Morgan fingerprint density at radius 2 is 1.73 bits per heavy atom. The zero-order chi connectivity index (χ0) is 32.8. The van der Waals surface area contributed by atoms with Gasteiger partial charge in [0.2, 0.25) is 0 Å². The first-order valence-electron chi connectivity index (χ1n) is 13.7. The van der Waals surface area contributed by atoms with Crippen molar-refractivity contribution in [1.29, 1.82) is 0 Å². The number of amides is 1. The van der Waals surface area contributed by atoms with E-state index in [-0.39, 0.29) is 28.8 Å². The summed E-state index contributed by atoms with van der Waals surface area (Å²) in [5.74, 6) is -0.569. The molecule has 0 saturated carbocycles. The molecule has 45 heavy (non-hydrogen) atoms. The molecule has 2 heterocycles. The van der Waals surface area contributed by atoms with E-state index < -0.39 is 40.2 Å². The van der Waals surface area contributed by atoms with Gasteiger partial charge in [-0.2, -0.15) is 18.3 Å². The summed E-state index contributed by atoms with van der Waals surface area (Å²) in [5.41, 5.74) is 0.647. The molecule has 1 atom stereocenters. The van der Waals surface area contributed by atoms with Crippen molar-refractivity contribution in [3.8, 4) is 16.9 Å². The van der Waals surface area contributed by atoms with Crippen molar-refractivity contribution in [3.63, 3.8) is 0 Å². The zero-order valence-electron chi connectivity index (χ0n) is 24.5. The highest BCUT2D eigenvalue weighted by atomic mass is 32.2. The molecule has 0 bridgehead atoms. The predicted octanol–water partition coefficient (Wildman–Crippen LogP) is 5.20. The lowest BCUT2D eigenvalue weighted by molar-refractivity contribution is -0.175. The summed E-state index contributed by atoms with van der Waals surface area (Å²) in [6, 6.07) is 12.6. The van der Waals surface area contributed by atoms with Crippen LogP contribution in [0.4, 0.5) is 18.0 Å². The van der Waals surface area contributed by atoms with Crippen molar-refractivity contribution in [2.45, 2.75) is 51.0 Å². The number of nitrogens with zero attached hydrogens (tertiary/aromatic N) is 5. The average Bonchev–Trinajstić information content (AvgIpc) is 3.43. The molecule has 3 aromatic rings. The summed E-state index contributed by atoms with van der Waals surface area (Å²) in [6.07, 6.45) is -5.59. The maximum Gasteiger partial charge on any atom is 0.435 e. The number of carbonyl (C=O) groups excluding carboxylic acids is 2. The molecular formula is C28H31F3N6O7S. The molecule has 1 N–H and O–H groups in total. The molecule has 242 valence electrons. The molecular weight excluding hydrogens is 621 g/mol. The van der Waals surface area contributed by atoms with E-state index in [0.717, 1.165) is 28.4 Å². The number of ether oxygens (including phenoxy) is 2. The number of benzene rings is 2. The second-order valence-corrected chi connectivity index (χ2v) is 11.9. The lowest BCUT2D eigenvalue weighted by atomic mass is 9.99. The molecule has 1 aliphatic rings. The number of hydrogen-bond donors (Lipinski definition) is 1. The van der Waals surface area contributed by atoms with Crippen LogP contribution in [-0.4, -0.2) is 61.3 Å². The van der Waals surface area contributed by atoms with Crippen molar-refractivity contribution < 1.29 is 45.5 Å². The summed E-state index contributed by atoms with van der Waals surface area (Å²) in [5, 5.41) is 12.8. The minimum absolute atomic E-state index is 0.0338. The number of hydrogen-bond acceptors (Lipinski definition) is 10. The average molecular weight is 653 g/mol. The number of alkyl halides is 3. The van der Waals surface area contributed by atoms with Crippen LogP contribution in [-0.2, 0) is 35.3 Å². The predicted molar refractivity (Wildman–Crippen MR) is 152 cm³/mol. The van der Waals surface area contributed by atoms with Crippen LogP contribution in [0.5, 0.6) is 0 Å². The number of nitrogens with one attached hydrogen (secondary N) is 1. The first-order chi connectivity index (χ1) is 21.2. The molecule has 1 saturated heterocycles. The lowest BCUT2D eigenvalue weighted by Gasteiger charge is -2.28. The van der Waals surface area contributed by atoms with Gasteiger partial charge in [0.05, 0.1) is 22.9 Å². The maximum atomic E-state index is 13.5. The monoisotopic (exact) mass is 652 g/mol. The van der Waals surface area contributed by atoms with E-state index in [1.807, 2.05) is 11.6 Å². The number of esters is 1. The SMILES string of the molecule is CC(=O)OC(C)ON=NN1CCC(COC(=O)NS(=O)(=O)c2ccc(-n3nc(C(F)(F)F)cc3-c3ccc(C)cc3)cc2)CC1. The van der Waals surface area contributed by atoms with Crippen molar-refractivity contribution in [2.24, 2.45) is 16.4 Å². The second-order valence-electron chi connectivity index (χ2n) is 10.2. The molecule has 17 heteroatoms. The Labute approximate surface area is 256 Å². The zero-order valence-corrected chi connectivity index (χ0v) is 25.3. The van der Waals surface area contributed by atoms with Gasteiger partial charge in [-0.3, -0.25) is 9.80 Å². The highest BCUT2D eigenvalue weighted by Gasteiger charge is 2.35. The Morgan fingerprint density at radius 3 is 2.33 bits per heavy atom. The fourth-order valence-electron chi connectivity index (χ4n) is 4.37. The molecule has 0 aliphatic carbocycles. The van der Waals surface area contributed by atoms with E-state index in [2.05, 4.69) is 15.6 Å². The van der Waals surface area contributed by atoms with Gasteiger partial charge >= 0.3 is 18.2 Å². The van der Waals surface area contributed by atoms with Crippen molar-refractivity contribution in [1.82, 2.24) is 19.5 Å². The Kier molecular flexibility index (Phi) is 10.3. The molecule has 1 fully saturated rings. The topological polar surface area (TPSA) is 154 Å². The van der Waals surface area contributed by atoms with Gasteiger partial charge in [0.1, 0.15) is 0 Å². The van der Waals surface area contributed by atoms with Gasteiger partial charge in [-0.25, -0.2) is 22.6 Å². The molecule has 1 aromatic heterocycles. The van der Waals surface area contributed by atoms with E-state index in [1.54, 1.807) is 29.3 Å². The minimum Gasteiger partial charge on any atom is -0.449 e. The third-order valence-corrected chi connectivity index (χ3v) is 8.02. The van der Waals surface area contributed by atoms with Crippen molar-refractivity contribution >= 4 is 22.1 Å². The van der Waals surface area contributed by atoms with E-state index in [0.29, 0.717) is 31.5 Å². The fraction of sp³-hybridized carbons (Fsp3) is 0.393. The molecule has 0 spiro atoms. The first kappa shape index (κ1) is 33.2. The standard InChI is InChI=1S/C28H31F3N6O7S/c1-18-4-6-22(7-5-18)25-16-26(28(29,30)31)32-37(25)23-8-10-24(11-9-23)45(40,41)33-27(39)42-17-21-12-14-36(15-13-21)34-35-44-20(3)43-19(2)38/h4-11,16,20-21H,12-15,17H2,1-3H3,(H,33,39). The van der Waals surface area contributed by atoms with Crippen LogP contribution in [0.2, 0.25) is 0 Å². The molecule has 2 aromatic carbocycles. The van der Waals surface area contributed by atoms with Gasteiger partial charge in [0.25, 0.3) is 16.3 Å². The third kappa shape index (κ3) is 9.17. The number of aromatic nitrogens is 2. The van der Waals surface area contributed by atoms with Gasteiger partial charge < -0.3 is 14.3 Å². The van der Waals surface area contributed by atoms with Gasteiger partial charge in [-0.1, -0.05) is 29.8 Å². The quantitative estimate of drug-likeness (QED) is 0.135. The Balaban J connectivity index is 1.33. The second kappa shape index (κ2) is 14.0. The molecule has 1 aliphatic heterocycles. The number of piperidine rings is 1. The van der Waals surface area contributed by atoms with Crippen LogP contribution in [0.15, 0.2) is 70.0 Å². The molecule has 1 unspecified atom stereocenters. The van der Waals surface area contributed by atoms with E-state index in [4.69, 9.17) is 14.3 Å². The van der Waals surface area contributed by atoms with Gasteiger partial charge in [0, 0.05) is 37.8 Å². The van der Waals surface area contributed by atoms with Crippen molar-refractivity contribution in [3.05, 3.63) is 65.9 Å². The smallest absolute Gasteiger partial charge is 0.435 e. The third-order valence-electron chi connectivity index (χ3n) is 6.69. The summed E-state index contributed by atoms with van der Waals surface area (Å²) >= 11 is 0. The highest BCUT2D eigenvalue weighted by molar-refractivity contribution is 7.90. The molecule has 1 amide bonds. The summed E-state index contributed by atoms with van der Waals surface area (Å²) in [4.78, 5) is 27.8. The van der Waals surface area contributed by atoms with Crippen LogP contribution >= 0.6 is 0 Å². The van der Waals surface area contributed by atoms with E-state index in [9.17, 15) is 31.2 Å². The summed E-state index contributed by atoms with van der Waals surface area (Å²) < 4.78 is 78.9. The lowest BCUT2D eigenvalue weighted by Crippen LogP contribution is -2.35. The number of sulfonamides is 1. The van der Waals surface area contributed by atoms with Gasteiger partial charge in [-0.05, 0) is 61.2 Å². The van der Waals surface area contributed by atoms with Gasteiger partial charge in [-0.15, -0.1) is 0 Å². The number of rotatable bonds is 10. The largest absolute Gasteiger partial charge is 0.449 e. The van der Waals surface area contributed by atoms with Gasteiger partial charge in [0.15, 0.2) is 5.69 Å². The summed E-state index contributed by atoms with van der Waals surface area (Å²) in [7, 11) is -4.35. The van der Waals surface area contributed by atoms with Crippen LogP contribution in [0, 0.1) is 12.8 Å². The Hall–Kier alpha value is -4.67. The molecule has 4 rings (SSSR count). The number of halogens is 3. The van der Waals surface area contributed by atoms with E-state index >= 15 is 0 Å².